The van der Waals surface area contributed by atoms with E-state index in [0.29, 0.717) is 24.2 Å². The molecule has 1 fully saturated rings. The van der Waals surface area contributed by atoms with E-state index in [-0.39, 0.29) is 18.6 Å². The van der Waals surface area contributed by atoms with Crippen LogP contribution in [0.1, 0.15) is 28.8 Å². The molecule has 5 heteroatoms. The van der Waals surface area contributed by atoms with Gasteiger partial charge in [0.05, 0.1) is 12.7 Å². The molecule has 1 aliphatic rings. The lowest BCUT2D eigenvalue weighted by Gasteiger charge is -2.32. The standard InChI is InChI=1S/C19H19F2NO2/c20-16-9-14(10-17(21)11-16)13-24-18-7-4-8-22(12-18)19(23)15-5-2-1-3-6-15/h1-3,5-6,9-11,18H,4,7-8,12-13H2/t18-/m1/s1. The second-order valence-corrected chi connectivity index (χ2v) is 5.97. The van der Waals surface area contributed by atoms with Gasteiger partial charge in [-0.2, -0.15) is 0 Å². The number of benzene rings is 2. The fourth-order valence-electron chi connectivity index (χ4n) is 2.93. The molecule has 1 atom stereocenters. The summed E-state index contributed by atoms with van der Waals surface area (Å²) in [6, 6.07) is 12.5. The molecule has 0 saturated carbocycles. The molecule has 0 spiro atoms. The van der Waals surface area contributed by atoms with Crippen molar-refractivity contribution in [2.24, 2.45) is 0 Å². The van der Waals surface area contributed by atoms with Crippen molar-refractivity contribution < 1.29 is 18.3 Å². The van der Waals surface area contributed by atoms with Crippen molar-refractivity contribution in [3.05, 3.63) is 71.3 Å². The van der Waals surface area contributed by atoms with Crippen LogP contribution in [0.2, 0.25) is 0 Å². The molecule has 126 valence electrons. The molecule has 0 aromatic heterocycles. The summed E-state index contributed by atoms with van der Waals surface area (Å²) < 4.78 is 32.2. The van der Waals surface area contributed by atoms with Crippen LogP contribution in [0.5, 0.6) is 0 Å². The van der Waals surface area contributed by atoms with E-state index in [1.165, 1.54) is 12.1 Å². The first-order valence-electron chi connectivity index (χ1n) is 8.03. The van der Waals surface area contributed by atoms with Gasteiger partial charge in [-0.15, -0.1) is 0 Å². The number of likely N-dealkylation sites (tertiary alicyclic amines) is 1. The van der Waals surface area contributed by atoms with Crippen LogP contribution in [-0.4, -0.2) is 30.0 Å². The Balaban J connectivity index is 1.58. The maximum atomic E-state index is 13.2. The van der Waals surface area contributed by atoms with Gasteiger partial charge in [0, 0.05) is 24.7 Å². The summed E-state index contributed by atoms with van der Waals surface area (Å²) in [5.74, 6) is -1.24. The summed E-state index contributed by atoms with van der Waals surface area (Å²) in [4.78, 5) is 14.3. The molecule has 0 bridgehead atoms. The van der Waals surface area contributed by atoms with Crippen molar-refractivity contribution in [2.75, 3.05) is 13.1 Å². The van der Waals surface area contributed by atoms with Crippen LogP contribution in [0.4, 0.5) is 8.78 Å². The minimum Gasteiger partial charge on any atom is -0.372 e. The number of piperidine rings is 1. The molecule has 1 aliphatic heterocycles. The van der Waals surface area contributed by atoms with Gasteiger partial charge in [-0.3, -0.25) is 4.79 Å². The lowest BCUT2D eigenvalue weighted by molar-refractivity contribution is -0.00686. The van der Waals surface area contributed by atoms with Crippen molar-refractivity contribution in [2.45, 2.75) is 25.6 Å². The summed E-state index contributed by atoms with van der Waals surface area (Å²) >= 11 is 0. The van der Waals surface area contributed by atoms with E-state index in [2.05, 4.69) is 0 Å². The monoisotopic (exact) mass is 331 g/mol. The normalized spacial score (nSPS) is 17.8. The van der Waals surface area contributed by atoms with Gasteiger partial charge in [-0.05, 0) is 42.7 Å². The molecule has 2 aromatic carbocycles. The minimum absolute atomic E-state index is 0.0132. The van der Waals surface area contributed by atoms with E-state index >= 15 is 0 Å². The molecule has 1 amide bonds. The molecule has 1 heterocycles. The Morgan fingerprint density at radius 2 is 1.83 bits per heavy atom. The van der Waals surface area contributed by atoms with Gasteiger partial charge in [0.25, 0.3) is 5.91 Å². The molecule has 1 saturated heterocycles. The number of rotatable bonds is 4. The Bertz CT molecular complexity index is 686. The minimum atomic E-state index is -0.613. The number of carbonyl (C=O) groups is 1. The van der Waals surface area contributed by atoms with Crippen LogP contribution in [-0.2, 0) is 11.3 Å². The molecule has 3 rings (SSSR count). The summed E-state index contributed by atoms with van der Waals surface area (Å²) in [6.45, 7) is 1.32. The first kappa shape index (κ1) is 16.6. The molecule has 0 N–H and O–H groups in total. The second-order valence-electron chi connectivity index (χ2n) is 5.97. The highest BCUT2D eigenvalue weighted by Crippen LogP contribution is 2.18. The van der Waals surface area contributed by atoms with E-state index in [4.69, 9.17) is 4.74 Å². The topological polar surface area (TPSA) is 29.5 Å². The Kier molecular flexibility index (Phi) is 5.20. The zero-order valence-electron chi connectivity index (χ0n) is 13.3. The predicted molar refractivity (Wildman–Crippen MR) is 86.5 cm³/mol. The summed E-state index contributed by atoms with van der Waals surface area (Å²) in [5.41, 5.74) is 1.12. The van der Waals surface area contributed by atoms with Gasteiger partial charge in [0.1, 0.15) is 11.6 Å². The fourth-order valence-corrected chi connectivity index (χ4v) is 2.93. The van der Waals surface area contributed by atoms with Gasteiger partial charge in [-0.25, -0.2) is 8.78 Å². The zero-order chi connectivity index (χ0) is 16.9. The number of carbonyl (C=O) groups excluding carboxylic acids is 1. The highest BCUT2D eigenvalue weighted by atomic mass is 19.1. The first-order valence-corrected chi connectivity index (χ1v) is 8.03. The molecule has 0 aliphatic carbocycles. The first-order chi connectivity index (χ1) is 11.6. The lowest BCUT2D eigenvalue weighted by Crippen LogP contribution is -2.43. The largest absolute Gasteiger partial charge is 0.372 e. The molecule has 24 heavy (non-hydrogen) atoms. The second kappa shape index (κ2) is 7.53. The van der Waals surface area contributed by atoms with E-state index < -0.39 is 11.6 Å². The quantitative estimate of drug-likeness (QED) is 0.853. The third kappa shape index (κ3) is 4.17. The predicted octanol–water partition coefficient (Wildman–Crippen LogP) is 3.79. The fraction of sp³-hybridized carbons (Fsp3) is 0.316. The molecule has 0 radical (unpaired) electrons. The molecular weight excluding hydrogens is 312 g/mol. The van der Waals surface area contributed by atoms with Crippen molar-refractivity contribution in [3.63, 3.8) is 0 Å². The van der Waals surface area contributed by atoms with Crippen molar-refractivity contribution in [1.82, 2.24) is 4.90 Å². The van der Waals surface area contributed by atoms with Crippen LogP contribution in [0, 0.1) is 11.6 Å². The third-order valence-electron chi connectivity index (χ3n) is 4.09. The number of hydrogen-bond donors (Lipinski definition) is 0. The number of halogens is 2. The van der Waals surface area contributed by atoms with Crippen LogP contribution >= 0.6 is 0 Å². The summed E-state index contributed by atoms with van der Waals surface area (Å²) in [6.07, 6.45) is 1.55. The molecule has 0 unspecified atom stereocenters. The smallest absolute Gasteiger partial charge is 0.253 e. The number of ether oxygens (including phenoxy) is 1. The van der Waals surface area contributed by atoms with E-state index in [1.807, 2.05) is 18.2 Å². The van der Waals surface area contributed by atoms with Crippen molar-refractivity contribution >= 4 is 5.91 Å². The number of hydrogen-bond acceptors (Lipinski definition) is 2. The van der Waals surface area contributed by atoms with E-state index in [9.17, 15) is 13.6 Å². The van der Waals surface area contributed by atoms with Gasteiger partial charge in [0.2, 0.25) is 0 Å². The third-order valence-corrected chi connectivity index (χ3v) is 4.09. The van der Waals surface area contributed by atoms with E-state index in [1.54, 1.807) is 17.0 Å². The van der Waals surface area contributed by atoms with Gasteiger partial charge >= 0.3 is 0 Å². The van der Waals surface area contributed by atoms with Gasteiger partial charge in [0.15, 0.2) is 0 Å². The lowest BCUT2D eigenvalue weighted by atomic mass is 10.1. The number of amides is 1. The maximum absolute atomic E-state index is 13.2. The summed E-state index contributed by atoms with van der Waals surface area (Å²) in [7, 11) is 0. The van der Waals surface area contributed by atoms with Gasteiger partial charge < -0.3 is 9.64 Å². The van der Waals surface area contributed by atoms with Crippen LogP contribution in [0.3, 0.4) is 0 Å². The summed E-state index contributed by atoms with van der Waals surface area (Å²) in [5, 5.41) is 0. The highest BCUT2D eigenvalue weighted by Gasteiger charge is 2.24. The molecular formula is C19H19F2NO2. The van der Waals surface area contributed by atoms with Crippen LogP contribution in [0.15, 0.2) is 48.5 Å². The maximum Gasteiger partial charge on any atom is 0.253 e. The van der Waals surface area contributed by atoms with E-state index in [0.717, 1.165) is 18.9 Å². The average Bonchev–Trinajstić information content (AvgIpc) is 2.59. The van der Waals surface area contributed by atoms with Crippen molar-refractivity contribution in [3.8, 4) is 0 Å². The average molecular weight is 331 g/mol. The zero-order valence-corrected chi connectivity index (χ0v) is 13.3. The number of nitrogens with zero attached hydrogens (tertiary/aromatic N) is 1. The Hall–Kier alpha value is -2.27. The Morgan fingerprint density at radius 3 is 2.54 bits per heavy atom. The van der Waals surface area contributed by atoms with Crippen LogP contribution in [0.25, 0.3) is 0 Å². The van der Waals surface area contributed by atoms with Crippen LogP contribution < -0.4 is 0 Å². The Labute approximate surface area is 139 Å². The highest BCUT2D eigenvalue weighted by molar-refractivity contribution is 5.94. The SMILES string of the molecule is O=C(c1ccccc1)N1CCC[C@@H](OCc2cc(F)cc(F)c2)C1. The molecule has 3 nitrogen and oxygen atoms in total. The van der Waals surface area contributed by atoms with Crippen molar-refractivity contribution in [1.29, 1.82) is 0 Å². The Morgan fingerprint density at radius 1 is 1.12 bits per heavy atom. The van der Waals surface area contributed by atoms with Gasteiger partial charge in [-0.1, -0.05) is 18.2 Å². The molecule has 2 aromatic rings.